The number of piperidine rings is 1. The van der Waals surface area contributed by atoms with E-state index in [1.165, 1.54) is 0 Å². The van der Waals surface area contributed by atoms with Crippen LogP contribution in [-0.4, -0.2) is 49.1 Å². The molecule has 2 aliphatic rings. The predicted octanol–water partition coefficient (Wildman–Crippen LogP) is 6.07. The molecular weight excluding hydrogens is 497 g/mol. The minimum Gasteiger partial charge on any atom is -0.477 e. The Morgan fingerprint density at radius 3 is 2.67 bits per heavy atom. The van der Waals surface area contributed by atoms with E-state index in [0.29, 0.717) is 53.5 Å². The summed E-state index contributed by atoms with van der Waals surface area (Å²) in [5.74, 6) is 0.828. The second-order valence-corrected chi connectivity index (χ2v) is 10.7. The zero-order valence-electron chi connectivity index (χ0n) is 21.8. The first-order valence-corrected chi connectivity index (χ1v) is 13.7. The van der Waals surface area contributed by atoms with E-state index in [1.54, 1.807) is 7.11 Å². The molecule has 0 saturated carbocycles. The Labute approximate surface area is 224 Å². The van der Waals surface area contributed by atoms with Crippen LogP contribution in [-0.2, 0) is 17.7 Å². The molecule has 1 unspecified atom stereocenters. The maximum atomic E-state index is 13.9. The average Bonchev–Trinajstić information content (AvgIpc) is 2.86. The van der Waals surface area contributed by atoms with Crippen molar-refractivity contribution in [2.24, 2.45) is 5.92 Å². The number of unbranched alkanes of at least 4 members (excludes halogenated alkanes) is 1. The lowest BCUT2D eigenvalue weighted by Gasteiger charge is -2.34. The topological polar surface area (TPSA) is 63.7 Å². The summed E-state index contributed by atoms with van der Waals surface area (Å²) in [5.41, 5.74) is 5.05. The fraction of sp³-hybridized carbons (Fsp3) is 0.571. The highest BCUT2D eigenvalue weighted by Gasteiger charge is 2.34. The van der Waals surface area contributed by atoms with Crippen molar-refractivity contribution >= 4 is 29.1 Å². The van der Waals surface area contributed by atoms with Crippen LogP contribution in [0.25, 0.3) is 0 Å². The lowest BCUT2D eigenvalue weighted by atomic mass is 9.85. The summed E-state index contributed by atoms with van der Waals surface area (Å²) in [7, 11) is 1.71. The number of methoxy groups -OCH3 is 1. The molecule has 0 radical (unpaired) electrons. The number of fused-ring (bicyclic) bond motifs is 1. The normalized spacial score (nSPS) is 17.3. The molecule has 1 aromatic carbocycles. The van der Waals surface area contributed by atoms with Gasteiger partial charge in [0.2, 0.25) is 5.88 Å². The highest BCUT2D eigenvalue weighted by Crippen LogP contribution is 2.42. The van der Waals surface area contributed by atoms with E-state index in [1.807, 2.05) is 30.9 Å². The minimum absolute atomic E-state index is 0.107. The number of nitrogens with one attached hydrogen (secondary N) is 1. The van der Waals surface area contributed by atoms with Gasteiger partial charge in [-0.05, 0) is 81.8 Å². The summed E-state index contributed by atoms with van der Waals surface area (Å²) in [6.07, 6.45) is 4.43. The summed E-state index contributed by atoms with van der Waals surface area (Å²) < 4.78 is 12.0. The third kappa shape index (κ3) is 5.67. The summed E-state index contributed by atoms with van der Waals surface area (Å²) in [6, 6.07) is 3.95. The van der Waals surface area contributed by atoms with Gasteiger partial charge < -0.3 is 19.7 Å². The van der Waals surface area contributed by atoms with Crippen molar-refractivity contribution in [2.75, 3.05) is 33.4 Å². The van der Waals surface area contributed by atoms with Crippen LogP contribution in [0.4, 0.5) is 0 Å². The largest absolute Gasteiger partial charge is 0.477 e. The Bertz CT molecular complexity index is 1100. The smallest absolute Gasteiger partial charge is 0.256 e. The fourth-order valence-electron chi connectivity index (χ4n) is 5.38. The number of hydrogen-bond acceptors (Lipinski definition) is 5. The van der Waals surface area contributed by atoms with E-state index < -0.39 is 0 Å². The second kappa shape index (κ2) is 12.1. The molecule has 4 rings (SSSR count). The Kier molecular flexibility index (Phi) is 9.15. The SMILES string of the molecule is CCCCOc1nc(C)cc(C)c1CN1CCc2c(Cl)cc(C(OC)C3CCNCC3)c(Cl)c2C1=O. The van der Waals surface area contributed by atoms with Crippen molar-refractivity contribution in [1.82, 2.24) is 15.2 Å². The van der Waals surface area contributed by atoms with Gasteiger partial charge in [0.15, 0.2) is 0 Å². The first-order valence-electron chi connectivity index (χ1n) is 13.0. The molecule has 1 aromatic heterocycles. The number of pyridine rings is 1. The molecule has 1 amide bonds. The molecule has 1 saturated heterocycles. The maximum Gasteiger partial charge on any atom is 0.256 e. The van der Waals surface area contributed by atoms with Gasteiger partial charge in [0.05, 0.1) is 29.8 Å². The van der Waals surface area contributed by atoms with Crippen LogP contribution in [0.3, 0.4) is 0 Å². The molecule has 1 N–H and O–H groups in total. The van der Waals surface area contributed by atoms with Gasteiger partial charge in [-0.25, -0.2) is 4.98 Å². The minimum atomic E-state index is -0.201. The molecule has 1 atom stereocenters. The quantitative estimate of drug-likeness (QED) is 0.396. The predicted molar refractivity (Wildman–Crippen MR) is 144 cm³/mol. The van der Waals surface area contributed by atoms with Crippen molar-refractivity contribution < 1.29 is 14.3 Å². The first-order chi connectivity index (χ1) is 17.3. The number of rotatable bonds is 9. The van der Waals surface area contributed by atoms with Crippen LogP contribution in [0.5, 0.6) is 5.88 Å². The van der Waals surface area contributed by atoms with Gasteiger partial charge in [0.1, 0.15) is 0 Å². The number of aromatic nitrogens is 1. The van der Waals surface area contributed by atoms with E-state index in [-0.39, 0.29) is 12.0 Å². The molecule has 6 nitrogen and oxygen atoms in total. The first kappa shape index (κ1) is 27.2. The van der Waals surface area contributed by atoms with Crippen LogP contribution in [0.1, 0.15) is 77.0 Å². The number of ether oxygens (including phenoxy) is 2. The summed E-state index contributed by atoms with van der Waals surface area (Å²) in [4.78, 5) is 20.3. The van der Waals surface area contributed by atoms with E-state index in [2.05, 4.69) is 17.2 Å². The van der Waals surface area contributed by atoms with E-state index in [0.717, 1.165) is 66.7 Å². The molecule has 8 heteroatoms. The summed E-state index contributed by atoms with van der Waals surface area (Å²) in [5, 5.41) is 4.45. The van der Waals surface area contributed by atoms with E-state index >= 15 is 0 Å². The number of aryl methyl sites for hydroxylation is 2. The Hall–Kier alpha value is -1.86. The molecule has 0 aliphatic carbocycles. The molecule has 2 aliphatic heterocycles. The van der Waals surface area contributed by atoms with Crippen LogP contribution in [0.2, 0.25) is 10.0 Å². The van der Waals surface area contributed by atoms with Crippen molar-refractivity contribution in [3.05, 3.63) is 55.7 Å². The van der Waals surface area contributed by atoms with Gasteiger partial charge in [-0.3, -0.25) is 4.79 Å². The highest BCUT2D eigenvalue weighted by molar-refractivity contribution is 6.37. The Balaban J connectivity index is 1.65. The number of benzene rings is 1. The number of carbonyl (C=O) groups excluding carboxylic acids is 1. The van der Waals surface area contributed by atoms with Crippen LogP contribution < -0.4 is 10.1 Å². The van der Waals surface area contributed by atoms with Gasteiger partial charge in [0.25, 0.3) is 5.91 Å². The van der Waals surface area contributed by atoms with Crippen LogP contribution in [0.15, 0.2) is 12.1 Å². The average molecular weight is 535 g/mol. The molecule has 1 fully saturated rings. The fourth-order valence-corrected chi connectivity index (χ4v) is 6.04. The van der Waals surface area contributed by atoms with Gasteiger partial charge in [-0.1, -0.05) is 36.5 Å². The van der Waals surface area contributed by atoms with E-state index in [4.69, 9.17) is 32.7 Å². The standard InChI is InChI=1S/C28H37Cl2N3O3/c1-5-6-13-36-27-22(17(2)14-18(3)32-27)16-33-12-9-20-23(29)15-21(25(30)24(20)28(33)34)26(35-4)19-7-10-31-11-8-19/h14-15,19,26,31H,5-13,16H2,1-4H3. The lowest BCUT2D eigenvalue weighted by molar-refractivity contribution is 0.0382. The number of halogens is 2. The third-order valence-corrected chi connectivity index (χ3v) is 8.12. The third-order valence-electron chi connectivity index (χ3n) is 7.37. The number of nitrogens with zero attached hydrogens (tertiary/aromatic N) is 2. The molecule has 196 valence electrons. The Morgan fingerprint density at radius 2 is 1.97 bits per heavy atom. The number of hydrogen-bond donors (Lipinski definition) is 1. The monoisotopic (exact) mass is 533 g/mol. The van der Waals surface area contributed by atoms with Crippen molar-refractivity contribution in [1.29, 1.82) is 0 Å². The lowest BCUT2D eigenvalue weighted by Crippen LogP contribution is -2.38. The highest BCUT2D eigenvalue weighted by atomic mass is 35.5. The molecule has 2 aromatic rings. The van der Waals surface area contributed by atoms with Crippen molar-refractivity contribution in [3.63, 3.8) is 0 Å². The van der Waals surface area contributed by atoms with Gasteiger partial charge >= 0.3 is 0 Å². The number of amides is 1. The number of carbonyl (C=O) groups is 1. The van der Waals surface area contributed by atoms with Crippen molar-refractivity contribution in [2.45, 2.75) is 65.5 Å². The molecule has 36 heavy (non-hydrogen) atoms. The molecule has 0 spiro atoms. The molecule has 3 heterocycles. The van der Waals surface area contributed by atoms with Gasteiger partial charge in [-0.2, -0.15) is 0 Å². The molecular formula is C28H37Cl2N3O3. The summed E-state index contributed by atoms with van der Waals surface area (Å²) in [6.45, 7) is 9.61. The zero-order chi connectivity index (χ0) is 25.8. The van der Waals surface area contributed by atoms with Crippen LogP contribution >= 0.6 is 23.2 Å². The van der Waals surface area contributed by atoms with Gasteiger partial charge in [-0.15, -0.1) is 0 Å². The Morgan fingerprint density at radius 1 is 1.22 bits per heavy atom. The second-order valence-electron chi connectivity index (χ2n) is 9.90. The zero-order valence-corrected chi connectivity index (χ0v) is 23.3. The van der Waals surface area contributed by atoms with Gasteiger partial charge in [0, 0.05) is 35.5 Å². The molecule has 0 bridgehead atoms. The van der Waals surface area contributed by atoms with Crippen LogP contribution in [0, 0.1) is 19.8 Å². The maximum absolute atomic E-state index is 13.9. The van der Waals surface area contributed by atoms with E-state index in [9.17, 15) is 4.79 Å². The van der Waals surface area contributed by atoms with Crippen molar-refractivity contribution in [3.8, 4) is 5.88 Å². The summed E-state index contributed by atoms with van der Waals surface area (Å²) >= 11 is 13.7.